The topological polar surface area (TPSA) is 87.0 Å². The van der Waals surface area contributed by atoms with Gasteiger partial charge in [0, 0.05) is 17.9 Å². The molecular weight excluding hydrogens is 292 g/mol. The van der Waals surface area contributed by atoms with Crippen LogP contribution in [0.5, 0.6) is 0 Å². The normalized spacial score (nSPS) is 43.2. The van der Waals surface area contributed by atoms with Crippen molar-refractivity contribution in [3.63, 3.8) is 0 Å². The van der Waals surface area contributed by atoms with E-state index in [4.69, 9.17) is 4.18 Å². The van der Waals surface area contributed by atoms with Gasteiger partial charge in [-0.05, 0) is 37.5 Å². The van der Waals surface area contributed by atoms with Crippen molar-refractivity contribution in [2.24, 2.45) is 23.2 Å². The molecule has 6 heteroatoms. The van der Waals surface area contributed by atoms with E-state index in [2.05, 4.69) is 6.58 Å². The molecule has 0 bridgehead atoms. The van der Waals surface area contributed by atoms with E-state index in [1.807, 2.05) is 13.8 Å². The molecule has 0 radical (unpaired) electrons. The van der Waals surface area contributed by atoms with Gasteiger partial charge < -0.3 is 10.2 Å². The van der Waals surface area contributed by atoms with Gasteiger partial charge in [0.1, 0.15) is 0 Å². The predicted octanol–water partition coefficient (Wildman–Crippen LogP) is 1.88. The van der Waals surface area contributed by atoms with E-state index in [1.54, 1.807) is 0 Å². The molecule has 0 aromatic carbocycles. The molecule has 7 atom stereocenters. The Morgan fingerprint density at radius 2 is 2.19 bits per heavy atom. The van der Waals surface area contributed by atoms with Gasteiger partial charge in [0.15, 0.2) is 0 Å². The Bertz CT molecular complexity index is 426. The maximum Gasteiger partial charge on any atom is 0.302 e. The molecule has 0 aromatic rings. The molecule has 5 nitrogen and oxygen atoms in total. The van der Waals surface area contributed by atoms with Crippen LogP contribution in [0.1, 0.15) is 39.5 Å². The Labute approximate surface area is 128 Å². The lowest BCUT2D eigenvalue weighted by Crippen LogP contribution is -2.56. The lowest BCUT2D eigenvalue weighted by atomic mass is 9.53. The summed E-state index contributed by atoms with van der Waals surface area (Å²) in [5.74, 6) is -0.175. The molecule has 2 saturated carbocycles. The number of aliphatic hydroxyl groups excluding tert-OH is 2. The first-order valence-electron chi connectivity index (χ1n) is 7.55. The van der Waals surface area contributed by atoms with E-state index in [9.17, 15) is 19.0 Å². The molecule has 122 valence electrons. The maximum absolute atomic E-state index is 11.2. The van der Waals surface area contributed by atoms with Gasteiger partial charge in [-0.3, -0.25) is 8.74 Å². The van der Waals surface area contributed by atoms with E-state index in [1.165, 1.54) is 0 Å². The van der Waals surface area contributed by atoms with E-state index in [0.717, 1.165) is 18.4 Å². The highest BCUT2D eigenvalue weighted by Crippen LogP contribution is 2.55. The molecule has 2 rings (SSSR count). The predicted molar refractivity (Wildman–Crippen MR) is 80.6 cm³/mol. The molecule has 0 aromatic heterocycles. The fourth-order valence-corrected chi connectivity index (χ4v) is 4.71. The first-order chi connectivity index (χ1) is 9.81. The third kappa shape index (κ3) is 3.10. The minimum absolute atomic E-state index is 0.00813. The van der Waals surface area contributed by atoms with Crippen molar-refractivity contribution in [1.82, 2.24) is 0 Å². The van der Waals surface area contributed by atoms with Crippen molar-refractivity contribution < 1.29 is 23.2 Å². The van der Waals surface area contributed by atoms with Gasteiger partial charge in [-0.1, -0.05) is 26.0 Å². The number of aliphatic hydroxyl groups is 2. The summed E-state index contributed by atoms with van der Waals surface area (Å²) in [5, 5.41) is 19.9. The summed E-state index contributed by atoms with van der Waals surface area (Å²) in [7, 11) is 0. The maximum atomic E-state index is 11.2. The lowest BCUT2D eigenvalue weighted by molar-refractivity contribution is -0.114. The van der Waals surface area contributed by atoms with E-state index in [0.29, 0.717) is 12.8 Å². The van der Waals surface area contributed by atoms with Crippen LogP contribution in [0.15, 0.2) is 12.2 Å². The monoisotopic (exact) mass is 318 g/mol. The Morgan fingerprint density at radius 3 is 2.76 bits per heavy atom. The highest BCUT2D eigenvalue weighted by molar-refractivity contribution is 7.74. The lowest BCUT2D eigenvalue weighted by Gasteiger charge is -2.55. The van der Waals surface area contributed by atoms with Crippen molar-refractivity contribution in [3.8, 4) is 0 Å². The zero-order chi connectivity index (χ0) is 15.8. The van der Waals surface area contributed by atoms with Crippen LogP contribution in [0.25, 0.3) is 0 Å². The van der Waals surface area contributed by atoms with Crippen LogP contribution >= 0.6 is 0 Å². The first kappa shape index (κ1) is 17.1. The molecular formula is C15H26O5S. The number of fused-ring (bicyclic) bond motifs is 1. The van der Waals surface area contributed by atoms with Gasteiger partial charge in [-0.25, -0.2) is 0 Å². The van der Waals surface area contributed by atoms with Crippen molar-refractivity contribution in [1.29, 1.82) is 0 Å². The molecule has 2 unspecified atom stereocenters. The Hall–Kier alpha value is -0.270. The minimum atomic E-state index is -2.37. The van der Waals surface area contributed by atoms with Crippen molar-refractivity contribution in [2.75, 3.05) is 6.61 Å². The fraction of sp³-hybridized carbons (Fsp3) is 0.867. The summed E-state index contributed by atoms with van der Waals surface area (Å²) >= 11 is -2.37. The Morgan fingerprint density at radius 1 is 1.52 bits per heavy atom. The van der Waals surface area contributed by atoms with Crippen LogP contribution in [0.2, 0.25) is 0 Å². The second-order valence-corrected chi connectivity index (χ2v) is 7.46. The largest absolute Gasteiger partial charge is 0.396 e. The zero-order valence-corrected chi connectivity index (χ0v) is 13.5. The second kappa shape index (κ2) is 6.46. The Balaban J connectivity index is 2.36. The molecule has 0 heterocycles. The van der Waals surface area contributed by atoms with Crippen LogP contribution < -0.4 is 0 Å². The number of rotatable bonds is 4. The summed E-state index contributed by atoms with van der Waals surface area (Å²) in [6.45, 7) is 8.08. The molecule has 0 aliphatic heterocycles. The third-order valence-electron chi connectivity index (χ3n) is 5.63. The van der Waals surface area contributed by atoms with Crippen molar-refractivity contribution in [3.05, 3.63) is 12.2 Å². The number of hydrogen-bond donors (Lipinski definition) is 3. The van der Waals surface area contributed by atoms with Gasteiger partial charge in [0.25, 0.3) is 0 Å². The van der Waals surface area contributed by atoms with E-state index < -0.39 is 23.6 Å². The second-order valence-electron chi connectivity index (χ2n) is 6.84. The first-order valence-corrected chi connectivity index (χ1v) is 8.59. The summed E-state index contributed by atoms with van der Waals surface area (Å²) in [4.78, 5) is 0. The van der Waals surface area contributed by atoms with Crippen molar-refractivity contribution in [2.45, 2.75) is 51.7 Å². The van der Waals surface area contributed by atoms with Crippen LogP contribution in [0, 0.1) is 23.2 Å². The van der Waals surface area contributed by atoms with Crippen LogP contribution in [0.4, 0.5) is 0 Å². The van der Waals surface area contributed by atoms with Crippen LogP contribution in [-0.2, 0) is 15.5 Å². The number of hydrogen-bond acceptors (Lipinski definition) is 4. The average molecular weight is 318 g/mol. The fourth-order valence-electron chi connectivity index (χ4n) is 4.27. The SMILES string of the molecule is C=C1CC[C@@H](O)[C@]2(C)CC[C@@H]([C@H](C)CO)[C@H](OS(=O)O)C12. The van der Waals surface area contributed by atoms with Crippen LogP contribution in [-0.4, -0.2) is 37.8 Å². The van der Waals surface area contributed by atoms with Gasteiger partial charge in [-0.15, -0.1) is 0 Å². The molecule has 2 aliphatic carbocycles. The molecule has 2 aliphatic rings. The average Bonchev–Trinajstić information content (AvgIpc) is 2.42. The highest BCUT2D eigenvalue weighted by atomic mass is 32.2. The standard InChI is InChI=1S/C15H26O5S/c1-9-4-5-12(17)15(3)7-6-11(10(2)8-16)14(13(9)15)20-21(18)19/h10-14,16-17H,1,4-8H2,2-3H3,(H,18,19)/t10-,11+,12-,13?,14+,15+/m1/s1. The summed E-state index contributed by atoms with van der Waals surface area (Å²) in [5.41, 5.74) is 0.610. The molecule has 0 spiro atoms. The van der Waals surface area contributed by atoms with E-state index in [-0.39, 0.29) is 29.8 Å². The minimum Gasteiger partial charge on any atom is -0.396 e. The van der Waals surface area contributed by atoms with Crippen molar-refractivity contribution >= 4 is 11.4 Å². The van der Waals surface area contributed by atoms with Gasteiger partial charge >= 0.3 is 11.4 Å². The van der Waals surface area contributed by atoms with Gasteiger partial charge in [0.05, 0.1) is 12.2 Å². The molecule has 0 saturated heterocycles. The van der Waals surface area contributed by atoms with E-state index >= 15 is 0 Å². The molecule has 2 fully saturated rings. The Kier molecular flexibility index (Phi) is 5.26. The molecule has 21 heavy (non-hydrogen) atoms. The highest BCUT2D eigenvalue weighted by Gasteiger charge is 2.54. The summed E-state index contributed by atoms with van der Waals surface area (Å²) in [6, 6.07) is 0. The van der Waals surface area contributed by atoms with Crippen LogP contribution in [0.3, 0.4) is 0 Å². The molecule has 0 amide bonds. The van der Waals surface area contributed by atoms with Gasteiger partial charge in [-0.2, -0.15) is 4.21 Å². The summed E-state index contributed by atoms with van der Waals surface area (Å²) in [6.07, 6.45) is 2.03. The van der Waals surface area contributed by atoms with Gasteiger partial charge in [0.2, 0.25) is 0 Å². The third-order valence-corrected chi connectivity index (χ3v) is 6.02. The molecule has 3 N–H and O–H groups in total. The zero-order valence-electron chi connectivity index (χ0n) is 12.7. The quantitative estimate of drug-likeness (QED) is 0.544. The summed E-state index contributed by atoms with van der Waals surface area (Å²) < 4.78 is 25.7. The smallest absolute Gasteiger partial charge is 0.302 e.